The van der Waals surface area contributed by atoms with E-state index in [2.05, 4.69) is 5.32 Å². The van der Waals surface area contributed by atoms with Gasteiger partial charge >= 0.3 is 0 Å². The third kappa shape index (κ3) is 2.76. The van der Waals surface area contributed by atoms with Crippen LogP contribution in [0.1, 0.15) is 24.3 Å². The van der Waals surface area contributed by atoms with E-state index < -0.39 is 11.6 Å². The van der Waals surface area contributed by atoms with Crippen molar-refractivity contribution in [3.63, 3.8) is 0 Å². The second-order valence-electron chi connectivity index (χ2n) is 4.04. The van der Waals surface area contributed by atoms with E-state index in [1.165, 1.54) is 6.07 Å². The molecular formula is C14H15F2NO. The molecule has 2 rings (SSSR count). The van der Waals surface area contributed by atoms with Crippen molar-refractivity contribution in [2.75, 3.05) is 6.54 Å². The number of hydrogen-bond acceptors (Lipinski definition) is 2. The van der Waals surface area contributed by atoms with Crippen LogP contribution in [0.5, 0.6) is 0 Å². The number of hydrogen-bond donors (Lipinski definition) is 1. The molecule has 0 saturated heterocycles. The molecule has 0 bridgehead atoms. The van der Waals surface area contributed by atoms with Crippen molar-refractivity contribution in [3.8, 4) is 0 Å². The van der Waals surface area contributed by atoms with Crippen molar-refractivity contribution in [2.45, 2.75) is 19.4 Å². The molecule has 0 aliphatic carbocycles. The standard InChI is InChI=1S/C14H15F2NO/c1-2-17-13(9-10-5-4-8-18-10)11-6-3-7-12(15)14(11)16/h3-8,13,17H,2,9H2,1H3. The minimum atomic E-state index is -0.824. The predicted octanol–water partition coefficient (Wildman–Crippen LogP) is 3.45. The second-order valence-corrected chi connectivity index (χ2v) is 4.04. The van der Waals surface area contributed by atoms with Crippen LogP contribution in [0.4, 0.5) is 8.78 Å². The molecule has 18 heavy (non-hydrogen) atoms. The maximum Gasteiger partial charge on any atom is 0.163 e. The Morgan fingerprint density at radius 3 is 2.72 bits per heavy atom. The number of nitrogens with one attached hydrogen (secondary N) is 1. The Balaban J connectivity index is 2.26. The van der Waals surface area contributed by atoms with Crippen LogP contribution in [0, 0.1) is 11.6 Å². The fourth-order valence-electron chi connectivity index (χ4n) is 1.96. The van der Waals surface area contributed by atoms with Crippen LogP contribution in [0.3, 0.4) is 0 Å². The maximum absolute atomic E-state index is 13.8. The third-order valence-corrected chi connectivity index (χ3v) is 2.79. The molecule has 0 radical (unpaired) electrons. The minimum absolute atomic E-state index is 0.295. The van der Waals surface area contributed by atoms with E-state index in [0.717, 1.165) is 11.8 Å². The normalized spacial score (nSPS) is 12.6. The topological polar surface area (TPSA) is 25.2 Å². The molecule has 1 unspecified atom stereocenters. The van der Waals surface area contributed by atoms with Crippen LogP contribution in [-0.2, 0) is 6.42 Å². The first-order valence-electron chi connectivity index (χ1n) is 5.92. The molecule has 96 valence electrons. The van der Waals surface area contributed by atoms with E-state index in [-0.39, 0.29) is 6.04 Å². The van der Waals surface area contributed by atoms with E-state index >= 15 is 0 Å². The van der Waals surface area contributed by atoms with E-state index in [9.17, 15) is 8.78 Å². The summed E-state index contributed by atoms with van der Waals surface area (Å²) < 4.78 is 32.2. The molecule has 1 N–H and O–H groups in total. The highest BCUT2D eigenvalue weighted by molar-refractivity contribution is 5.24. The molecule has 4 heteroatoms. The molecule has 0 aliphatic heterocycles. The number of furan rings is 1. The first kappa shape index (κ1) is 12.8. The van der Waals surface area contributed by atoms with Crippen LogP contribution in [-0.4, -0.2) is 6.54 Å². The lowest BCUT2D eigenvalue weighted by molar-refractivity contribution is 0.431. The second kappa shape index (κ2) is 5.78. The van der Waals surface area contributed by atoms with Crippen molar-refractivity contribution in [2.24, 2.45) is 0 Å². The quantitative estimate of drug-likeness (QED) is 0.880. The fraction of sp³-hybridized carbons (Fsp3) is 0.286. The molecule has 1 aromatic carbocycles. The smallest absolute Gasteiger partial charge is 0.163 e. The van der Waals surface area contributed by atoms with Gasteiger partial charge in [0.2, 0.25) is 0 Å². The summed E-state index contributed by atoms with van der Waals surface area (Å²) >= 11 is 0. The average molecular weight is 251 g/mol. The number of benzene rings is 1. The summed E-state index contributed by atoms with van der Waals surface area (Å²) in [6, 6.07) is 7.53. The van der Waals surface area contributed by atoms with Crippen LogP contribution in [0.2, 0.25) is 0 Å². The lowest BCUT2D eigenvalue weighted by atomic mass is 10.0. The Hall–Kier alpha value is -1.68. The number of rotatable bonds is 5. The van der Waals surface area contributed by atoms with Gasteiger partial charge in [-0.25, -0.2) is 8.78 Å². The Morgan fingerprint density at radius 2 is 2.06 bits per heavy atom. The monoisotopic (exact) mass is 251 g/mol. The molecule has 1 heterocycles. The first-order valence-corrected chi connectivity index (χ1v) is 5.92. The van der Waals surface area contributed by atoms with Gasteiger partial charge in [-0.3, -0.25) is 0 Å². The Bertz CT molecular complexity index is 497. The van der Waals surface area contributed by atoms with E-state index in [1.54, 1.807) is 18.4 Å². The Morgan fingerprint density at radius 1 is 1.22 bits per heavy atom. The van der Waals surface area contributed by atoms with E-state index in [4.69, 9.17) is 4.42 Å². The van der Waals surface area contributed by atoms with Gasteiger partial charge in [0.05, 0.1) is 6.26 Å². The molecule has 1 atom stereocenters. The fourth-order valence-corrected chi connectivity index (χ4v) is 1.96. The Labute approximate surface area is 105 Å². The highest BCUT2D eigenvalue weighted by Crippen LogP contribution is 2.23. The molecular weight excluding hydrogens is 236 g/mol. The zero-order valence-electron chi connectivity index (χ0n) is 10.1. The van der Waals surface area contributed by atoms with Gasteiger partial charge < -0.3 is 9.73 Å². The van der Waals surface area contributed by atoms with Gasteiger partial charge in [0.1, 0.15) is 5.76 Å². The van der Waals surface area contributed by atoms with Crippen molar-refractivity contribution < 1.29 is 13.2 Å². The molecule has 1 aromatic heterocycles. The molecule has 0 amide bonds. The molecule has 0 saturated carbocycles. The molecule has 0 aliphatic rings. The SMILES string of the molecule is CCNC(Cc1ccco1)c1cccc(F)c1F. The lowest BCUT2D eigenvalue weighted by Gasteiger charge is -2.18. The Kier molecular flexibility index (Phi) is 4.10. The molecule has 0 spiro atoms. The molecule has 0 fully saturated rings. The van der Waals surface area contributed by atoms with Crippen molar-refractivity contribution in [1.82, 2.24) is 5.32 Å². The van der Waals surface area contributed by atoms with Gasteiger partial charge in [-0.05, 0) is 24.7 Å². The van der Waals surface area contributed by atoms with Gasteiger partial charge in [-0.1, -0.05) is 19.1 Å². The average Bonchev–Trinajstić information content (AvgIpc) is 2.85. The van der Waals surface area contributed by atoms with Crippen LogP contribution in [0.15, 0.2) is 41.0 Å². The number of likely N-dealkylation sites (N-methyl/N-ethyl adjacent to an activating group) is 1. The van der Waals surface area contributed by atoms with Gasteiger partial charge in [0.15, 0.2) is 11.6 Å². The van der Waals surface area contributed by atoms with Gasteiger partial charge in [0.25, 0.3) is 0 Å². The summed E-state index contributed by atoms with van der Waals surface area (Å²) in [6.07, 6.45) is 2.06. The largest absolute Gasteiger partial charge is 0.469 e. The zero-order chi connectivity index (χ0) is 13.0. The van der Waals surface area contributed by atoms with Gasteiger partial charge in [0, 0.05) is 18.0 Å². The third-order valence-electron chi connectivity index (χ3n) is 2.79. The van der Waals surface area contributed by atoms with E-state index in [0.29, 0.717) is 18.5 Å². The molecule has 2 nitrogen and oxygen atoms in total. The van der Waals surface area contributed by atoms with Gasteiger partial charge in [-0.2, -0.15) is 0 Å². The van der Waals surface area contributed by atoms with Crippen molar-refractivity contribution in [3.05, 3.63) is 59.6 Å². The van der Waals surface area contributed by atoms with Crippen molar-refractivity contribution >= 4 is 0 Å². The summed E-state index contributed by atoms with van der Waals surface area (Å²) in [5.41, 5.74) is 0.327. The maximum atomic E-state index is 13.8. The summed E-state index contributed by atoms with van der Waals surface area (Å²) in [5, 5.41) is 3.14. The minimum Gasteiger partial charge on any atom is -0.469 e. The van der Waals surface area contributed by atoms with Gasteiger partial charge in [-0.15, -0.1) is 0 Å². The van der Waals surface area contributed by atoms with Crippen LogP contribution < -0.4 is 5.32 Å². The van der Waals surface area contributed by atoms with Crippen LogP contribution in [0.25, 0.3) is 0 Å². The number of halogens is 2. The highest BCUT2D eigenvalue weighted by Gasteiger charge is 2.18. The van der Waals surface area contributed by atoms with E-state index in [1.807, 2.05) is 13.0 Å². The molecule has 2 aromatic rings. The predicted molar refractivity (Wildman–Crippen MR) is 65.2 cm³/mol. The first-order chi connectivity index (χ1) is 8.72. The summed E-state index contributed by atoms with van der Waals surface area (Å²) in [6.45, 7) is 2.59. The summed E-state index contributed by atoms with van der Waals surface area (Å²) in [5.74, 6) is -0.880. The summed E-state index contributed by atoms with van der Waals surface area (Å²) in [7, 11) is 0. The zero-order valence-corrected chi connectivity index (χ0v) is 10.1. The van der Waals surface area contributed by atoms with Crippen LogP contribution >= 0.6 is 0 Å². The lowest BCUT2D eigenvalue weighted by Crippen LogP contribution is -2.24. The van der Waals surface area contributed by atoms with Crippen molar-refractivity contribution in [1.29, 1.82) is 0 Å². The summed E-state index contributed by atoms with van der Waals surface area (Å²) in [4.78, 5) is 0. The highest BCUT2D eigenvalue weighted by atomic mass is 19.2.